The topological polar surface area (TPSA) is 68.0 Å². The van der Waals surface area contributed by atoms with Gasteiger partial charge < -0.3 is 9.73 Å². The summed E-state index contributed by atoms with van der Waals surface area (Å²) in [6.07, 6.45) is 4.60. The average Bonchev–Trinajstić information content (AvgIpc) is 3.07. The Morgan fingerprint density at radius 1 is 1.14 bits per heavy atom. The molecule has 0 unspecified atom stereocenters. The van der Waals surface area contributed by atoms with Crippen molar-refractivity contribution < 1.29 is 13.6 Å². The fourth-order valence-electron chi connectivity index (χ4n) is 2.02. The Bertz CT molecular complexity index is 788. The van der Waals surface area contributed by atoms with E-state index in [0.29, 0.717) is 17.1 Å². The van der Waals surface area contributed by atoms with Crippen LogP contribution in [0, 0.1) is 5.82 Å². The molecule has 22 heavy (non-hydrogen) atoms. The highest BCUT2D eigenvalue weighted by molar-refractivity contribution is 5.94. The average molecular weight is 297 g/mol. The number of halogens is 1. The van der Waals surface area contributed by atoms with E-state index in [2.05, 4.69) is 15.3 Å². The lowest BCUT2D eigenvalue weighted by Crippen LogP contribution is -2.24. The van der Waals surface area contributed by atoms with Gasteiger partial charge in [-0.15, -0.1) is 0 Å². The highest BCUT2D eigenvalue weighted by Gasteiger charge is 2.14. The molecule has 0 fully saturated rings. The Kier molecular flexibility index (Phi) is 3.91. The predicted octanol–water partition coefficient (Wildman–Crippen LogP) is 2.81. The molecule has 3 rings (SSSR count). The quantitative estimate of drug-likeness (QED) is 0.804. The molecule has 2 aromatic heterocycles. The molecule has 3 aromatic rings. The molecule has 6 heteroatoms. The van der Waals surface area contributed by atoms with Crippen molar-refractivity contribution in [3.05, 3.63) is 72.1 Å². The van der Waals surface area contributed by atoms with E-state index < -0.39 is 11.7 Å². The van der Waals surface area contributed by atoms with Crippen molar-refractivity contribution in [3.8, 4) is 11.5 Å². The van der Waals surface area contributed by atoms with Crippen LogP contribution in [-0.4, -0.2) is 15.9 Å². The molecular weight excluding hydrogens is 285 g/mol. The minimum Gasteiger partial charge on any atom is -0.463 e. The molecule has 1 amide bonds. The lowest BCUT2D eigenvalue weighted by molar-refractivity contribution is 0.0946. The molecule has 0 saturated carbocycles. The number of hydrogen-bond acceptors (Lipinski definition) is 4. The molecule has 1 aromatic carbocycles. The predicted molar refractivity (Wildman–Crippen MR) is 77.3 cm³/mol. The number of carbonyl (C=O) groups excluding carboxylic acids is 1. The van der Waals surface area contributed by atoms with Crippen molar-refractivity contribution in [1.29, 1.82) is 0 Å². The Morgan fingerprint density at radius 3 is 2.73 bits per heavy atom. The monoisotopic (exact) mass is 297 g/mol. The van der Waals surface area contributed by atoms with Crippen LogP contribution in [0.2, 0.25) is 0 Å². The fourth-order valence-corrected chi connectivity index (χ4v) is 2.02. The second kappa shape index (κ2) is 6.17. The number of furan rings is 1. The van der Waals surface area contributed by atoms with E-state index in [9.17, 15) is 9.18 Å². The first kappa shape index (κ1) is 13.9. The van der Waals surface area contributed by atoms with E-state index >= 15 is 0 Å². The number of nitrogens with zero attached hydrogens (tertiary/aromatic N) is 2. The molecule has 0 aliphatic heterocycles. The van der Waals surface area contributed by atoms with Crippen molar-refractivity contribution in [2.75, 3.05) is 0 Å². The summed E-state index contributed by atoms with van der Waals surface area (Å²) >= 11 is 0. The maximum Gasteiger partial charge on any atom is 0.254 e. The normalized spacial score (nSPS) is 10.4. The van der Waals surface area contributed by atoms with Crippen molar-refractivity contribution in [2.24, 2.45) is 0 Å². The summed E-state index contributed by atoms with van der Waals surface area (Å²) in [5.41, 5.74) is 1.08. The minimum absolute atomic E-state index is 0.00839. The molecule has 0 saturated heterocycles. The first-order valence-electron chi connectivity index (χ1n) is 6.62. The summed E-state index contributed by atoms with van der Waals surface area (Å²) in [5.74, 6) is -0.511. The van der Waals surface area contributed by atoms with Gasteiger partial charge in [-0.05, 0) is 24.3 Å². The number of benzene rings is 1. The van der Waals surface area contributed by atoms with Crippen molar-refractivity contribution >= 4 is 5.91 Å². The lowest BCUT2D eigenvalue weighted by Gasteiger charge is -2.08. The van der Waals surface area contributed by atoms with E-state index in [1.807, 2.05) is 0 Å². The van der Waals surface area contributed by atoms with Crippen LogP contribution in [0.5, 0.6) is 0 Å². The molecular formula is C16H12FN3O2. The smallest absolute Gasteiger partial charge is 0.254 e. The van der Waals surface area contributed by atoms with Gasteiger partial charge in [0.1, 0.15) is 11.5 Å². The van der Waals surface area contributed by atoms with Crippen molar-refractivity contribution in [1.82, 2.24) is 15.3 Å². The van der Waals surface area contributed by atoms with Crippen LogP contribution >= 0.6 is 0 Å². The van der Waals surface area contributed by atoms with Crippen molar-refractivity contribution in [2.45, 2.75) is 6.54 Å². The lowest BCUT2D eigenvalue weighted by atomic mass is 10.2. The fraction of sp³-hybridized carbons (Fsp3) is 0.0625. The largest absolute Gasteiger partial charge is 0.463 e. The Hall–Kier alpha value is -3.02. The van der Waals surface area contributed by atoms with E-state index in [1.165, 1.54) is 30.7 Å². The molecule has 5 nitrogen and oxygen atoms in total. The number of hydrogen-bond donors (Lipinski definition) is 1. The summed E-state index contributed by atoms with van der Waals surface area (Å²) in [7, 11) is 0. The van der Waals surface area contributed by atoms with E-state index in [0.717, 1.165) is 0 Å². The van der Waals surface area contributed by atoms with Gasteiger partial charge in [-0.3, -0.25) is 9.78 Å². The molecule has 0 radical (unpaired) electrons. The zero-order valence-electron chi connectivity index (χ0n) is 11.5. The van der Waals surface area contributed by atoms with Crippen LogP contribution in [0.25, 0.3) is 11.5 Å². The molecule has 0 spiro atoms. The molecule has 0 aliphatic carbocycles. The maximum absolute atomic E-state index is 13.6. The first-order valence-corrected chi connectivity index (χ1v) is 6.62. The number of rotatable bonds is 4. The third kappa shape index (κ3) is 2.85. The van der Waals surface area contributed by atoms with Gasteiger partial charge in [0.05, 0.1) is 24.1 Å². The molecule has 110 valence electrons. The summed E-state index contributed by atoms with van der Waals surface area (Å²) in [5, 5.41) is 2.64. The van der Waals surface area contributed by atoms with E-state index in [1.54, 1.807) is 24.4 Å². The first-order chi connectivity index (χ1) is 10.8. The summed E-state index contributed by atoms with van der Waals surface area (Å²) < 4.78 is 18.9. The Morgan fingerprint density at radius 2 is 1.95 bits per heavy atom. The van der Waals surface area contributed by atoms with Gasteiger partial charge in [0.25, 0.3) is 5.91 Å². The van der Waals surface area contributed by atoms with Gasteiger partial charge in [-0.25, -0.2) is 9.37 Å². The van der Waals surface area contributed by atoms with Gasteiger partial charge in [0, 0.05) is 12.4 Å². The van der Waals surface area contributed by atoms with Gasteiger partial charge in [0.2, 0.25) is 0 Å². The van der Waals surface area contributed by atoms with Crippen LogP contribution in [0.1, 0.15) is 16.1 Å². The minimum atomic E-state index is -0.564. The molecule has 1 N–H and O–H groups in total. The van der Waals surface area contributed by atoms with E-state index in [4.69, 9.17) is 4.42 Å². The number of carbonyl (C=O) groups is 1. The zero-order valence-corrected chi connectivity index (χ0v) is 11.5. The summed E-state index contributed by atoms with van der Waals surface area (Å²) in [6, 6.07) is 9.30. The van der Waals surface area contributed by atoms with E-state index in [-0.39, 0.29) is 12.1 Å². The standard InChI is InChI=1S/C16H12FN3O2/c17-12-5-2-1-4-11(12)16(21)20-10-13-15(19-8-7-18-13)14-6-3-9-22-14/h1-9H,10H2,(H,20,21). The van der Waals surface area contributed by atoms with Crippen molar-refractivity contribution in [3.63, 3.8) is 0 Å². The maximum atomic E-state index is 13.6. The third-order valence-corrected chi connectivity index (χ3v) is 3.06. The van der Waals surface area contributed by atoms with Crippen LogP contribution in [0.4, 0.5) is 4.39 Å². The second-order valence-electron chi connectivity index (χ2n) is 4.49. The number of amides is 1. The van der Waals surface area contributed by atoms with Gasteiger partial charge in [-0.1, -0.05) is 12.1 Å². The number of nitrogens with one attached hydrogen (secondary N) is 1. The highest BCUT2D eigenvalue weighted by Crippen LogP contribution is 2.19. The van der Waals surface area contributed by atoms with Crippen LogP contribution in [-0.2, 0) is 6.54 Å². The summed E-state index contributed by atoms with van der Waals surface area (Å²) in [6.45, 7) is 0.122. The third-order valence-electron chi connectivity index (χ3n) is 3.06. The number of aromatic nitrogens is 2. The Balaban J connectivity index is 1.78. The SMILES string of the molecule is O=C(NCc1nccnc1-c1ccco1)c1ccccc1F. The molecule has 0 atom stereocenters. The molecule has 0 bridgehead atoms. The second-order valence-corrected chi connectivity index (χ2v) is 4.49. The van der Waals surface area contributed by atoms with Crippen LogP contribution < -0.4 is 5.32 Å². The molecule has 0 aliphatic rings. The van der Waals surface area contributed by atoms with Crippen LogP contribution in [0.15, 0.2) is 59.5 Å². The van der Waals surface area contributed by atoms with Gasteiger partial charge in [0.15, 0.2) is 5.76 Å². The van der Waals surface area contributed by atoms with Gasteiger partial charge in [-0.2, -0.15) is 0 Å². The zero-order chi connectivity index (χ0) is 15.4. The van der Waals surface area contributed by atoms with Crippen LogP contribution in [0.3, 0.4) is 0 Å². The molecule has 2 heterocycles. The Labute approximate surface area is 125 Å². The summed E-state index contributed by atoms with van der Waals surface area (Å²) in [4.78, 5) is 20.4. The highest BCUT2D eigenvalue weighted by atomic mass is 19.1. The van der Waals surface area contributed by atoms with Gasteiger partial charge >= 0.3 is 0 Å².